The molecular formula is C19H27N3O3S. The van der Waals surface area contributed by atoms with Crippen molar-refractivity contribution in [3.8, 4) is 0 Å². The molecule has 2 heterocycles. The van der Waals surface area contributed by atoms with Gasteiger partial charge in [-0.2, -0.15) is 0 Å². The fourth-order valence-electron chi connectivity index (χ4n) is 3.42. The van der Waals surface area contributed by atoms with Crippen molar-refractivity contribution in [1.29, 1.82) is 0 Å². The number of nitrogens with zero attached hydrogens (tertiary/aromatic N) is 1. The number of hydrogen-bond donors (Lipinski definition) is 2. The van der Waals surface area contributed by atoms with Crippen molar-refractivity contribution < 1.29 is 14.4 Å². The first-order valence-corrected chi connectivity index (χ1v) is 10.4. The van der Waals surface area contributed by atoms with E-state index >= 15 is 0 Å². The summed E-state index contributed by atoms with van der Waals surface area (Å²) in [5.41, 5.74) is 0. The average Bonchev–Trinajstić information content (AvgIpc) is 3.37. The van der Waals surface area contributed by atoms with Gasteiger partial charge in [0.2, 0.25) is 11.8 Å². The molecule has 142 valence electrons. The maximum Gasteiger partial charge on any atom is 0.262 e. The zero-order valence-electron chi connectivity index (χ0n) is 15.2. The third-order valence-electron chi connectivity index (χ3n) is 5.11. The molecule has 1 unspecified atom stereocenters. The van der Waals surface area contributed by atoms with Gasteiger partial charge < -0.3 is 15.5 Å². The van der Waals surface area contributed by atoms with Crippen LogP contribution < -0.4 is 10.6 Å². The first kappa shape index (κ1) is 18.9. The summed E-state index contributed by atoms with van der Waals surface area (Å²) in [5.74, 6) is 0.225. The first-order chi connectivity index (χ1) is 12.6. The average molecular weight is 378 g/mol. The summed E-state index contributed by atoms with van der Waals surface area (Å²) in [6, 6.07) is 3.04. The Morgan fingerprint density at radius 3 is 2.54 bits per heavy atom. The zero-order valence-corrected chi connectivity index (χ0v) is 16.0. The minimum absolute atomic E-state index is 0.0546. The maximum absolute atomic E-state index is 12.6. The van der Waals surface area contributed by atoms with E-state index in [0.29, 0.717) is 24.5 Å². The van der Waals surface area contributed by atoms with E-state index in [1.165, 1.54) is 11.3 Å². The highest BCUT2D eigenvalue weighted by atomic mass is 32.1. The molecule has 1 atom stereocenters. The third kappa shape index (κ3) is 4.63. The number of piperidine rings is 1. The second kappa shape index (κ2) is 8.66. The summed E-state index contributed by atoms with van der Waals surface area (Å²) < 4.78 is 0. The van der Waals surface area contributed by atoms with E-state index < -0.39 is 6.04 Å². The van der Waals surface area contributed by atoms with Crippen LogP contribution in [0.3, 0.4) is 0 Å². The number of carbonyl (C=O) groups is 3. The molecule has 0 radical (unpaired) electrons. The van der Waals surface area contributed by atoms with Crippen molar-refractivity contribution >= 4 is 29.1 Å². The molecule has 0 spiro atoms. The van der Waals surface area contributed by atoms with E-state index in [1.54, 1.807) is 6.07 Å². The lowest BCUT2D eigenvalue weighted by Gasteiger charge is -2.36. The minimum Gasteiger partial charge on any atom is -0.354 e. The van der Waals surface area contributed by atoms with Crippen LogP contribution in [-0.2, 0) is 9.59 Å². The van der Waals surface area contributed by atoms with E-state index in [-0.39, 0.29) is 29.6 Å². The molecule has 1 aliphatic carbocycles. The lowest BCUT2D eigenvalue weighted by atomic mass is 9.88. The van der Waals surface area contributed by atoms with E-state index in [0.717, 1.165) is 32.1 Å². The van der Waals surface area contributed by atoms with Gasteiger partial charge in [-0.3, -0.25) is 14.4 Å². The molecule has 1 aliphatic heterocycles. The number of thiophene rings is 1. The standard InChI is InChI=1S/C19H27N3O3S/c1-2-9-20-18(24)16(21-17(23)15-4-3-12-26-15)13-7-10-22(11-8-13)19(25)14-5-6-14/h3-4,12-14,16H,2,5-11H2,1H3,(H,20,24)(H,21,23). The number of hydrogen-bond acceptors (Lipinski definition) is 4. The molecule has 7 heteroatoms. The summed E-state index contributed by atoms with van der Waals surface area (Å²) in [6.07, 6.45) is 4.36. The summed E-state index contributed by atoms with van der Waals surface area (Å²) >= 11 is 1.37. The Bertz CT molecular complexity index is 634. The summed E-state index contributed by atoms with van der Waals surface area (Å²) in [5, 5.41) is 7.70. The Morgan fingerprint density at radius 2 is 1.96 bits per heavy atom. The zero-order chi connectivity index (χ0) is 18.5. The maximum atomic E-state index is 12.6. The van der Waals surface area contributed by atoms with Gasteiger partial charge in [0.05, 0.1) is 4.88 Å². The molecule has 2 aliphatic rings. The molecule has 1 saturated carbocycles. The molecule has 1 aromatic rings. The fraction of sp³-hybridized carbons (Fsp3) is 0.632. The van der Waals surface area contributed by atoms with Crippen molar-refractivity contribution in [3.05, 3.63) is 22.4 Å². The highest BCUT2D eigenvalue weighted by Gasteiger charge is 2.38. The third-order valence-corrected chi connectivity index (χ3v) is 5.98. The molecule has 26 heavy (non-hydrogen) atoms. The van der Waals surface area contributed by atoms with Crippen LogP contribution >= 0.6 is 11.3 Å². The summed E-state index contributed by atoms with van der Waals surface area (Å²) in [4.78, 5) is 39.9. The SMILES string of the molecule is CCCNC(=O)C(NC(=O)c1cccs1)C1CCN(C(=O)C2CC2)CC1. The number of rotatable bonds is 7. The molecule has 1 aromatic heterocycles. The smallest absolute Gasteiger partial charge is 0.262 e. The molecule has 0 bridgehead atoms. The van der Waals surface area contributed by atoms with Crippen molar-refractivity contribution in [2.75, 3.05) is 19.6 Å². The van der Waals surface area contributed by atoms with Gasteiger partial charge in [-0.15, -0.1) is 11.3 Å². The van der Waals surface area contributed by atoms with Crippen LogP contribution in [0.2, 0.25) is 0 Å². The normalized spacial score (nSPS) is 19.0. The Balaban J connectivity index is 1.62. The number of nitrogens with one attached hydrogen (secondary N) is 2. The molecule has 0 aromatic carbocycles. The molecular weight excluding hydrogens is 350 g/mol. The van der Waals surface area contributed by atoms with E-state index in [1.807, 2.05) is 23.3 Å². The Morgan fingerprint density at radius 1 is 1.23 bits per heavy atom. The van der Waals surface area contributed by atoms with E-state index in [2.05, 4.69) is 10.6 Å². The Hall–Kier alpha value is -1.89. The van der Waals surface area contributed by atoms with Crippen molar-refractivity contribution in [1.82, 2.24) is 15.5 Å². The Labute approximate surface area is 158 Å². The quantitative estimate of drug-likeness (QED) is 0.763. The fourth-order valence-corrected chi connectivity index (χ4v) is 4.04. The second-order valence-corrected chi connectivity index (χ2v) is 8.10. The molecule has 3 rings (SSSR count). The molecule has 1 saturated heterocycles. The van der Waals surface area contributed by atoms with Crippen LogP contribution in [0.4, 0.5) is 0 Å². The van der Waals surface area contributed by atoms with Crippen LogP contribution in [0.1, 0.15) is 48.7 Å². The first-order valence-electron chi connectivity index (χ1n) is 9.51. The van der Waals surface area contributed by atoms with Gasteiger partial charge in [0.15, 0.2) is 0 Å². The van der Waals surface area contributed by atoms with Crippen molar-refractivity contribution in [3.63, 3.8) is 0 Å². The number of likely N-dealkylation sites (tertiary alicyclic amines) is 1. The summed E-state index contributed by atoms with van der Waals surface area (Å²) in [6.45, 7) is 3.95. The number of amides is 3. The molecule has 6 nitrogen and oxygen atoms in total. The largest absolute Gasteiger partial charge is 0.354 e. The second-order valence-electron chi connectivity index (χ2n) is 7.16. The minimum atomic E-state index is -0.547. The van der Waals surface area contributed by atoms with Gasteiger partial charge >= 0.3 is 0 Å². The highest BCUT2D eigenvalue weighted by Crippen LogP contribution is 2.33. The van der Waals surface area contributed by atoms with E-state index in [4.69, 9.17) is 0 Å². The van der Waals surface area contributed by atoms with Crippen LogP contribution in [0.15, 0.2) is 17.5 Å². The van der Waals surface area contributed by atoms with Gasteiger partial charge in [0.1, 0.15) is 6.04 Å². The van der Waals surface area contributed by atoms with Crippen molar-refractivity contribution in [2.24, 2.45) is 11.8 Å². The van der Waals surface area contributed by atoms with Crippen LogP contribution in [0, 0.1) is 11.8 Å². The van der Waals surface area contributed by atoms with Crippen LogP contribution in [0.5, 0.6) is 0 Å². The van der Waals surface area contributed by atoms with Crippen LogP contribution in [0.25, 0.3) is 0 Å². The molecule has 3 amide bonds. The number of carbonyl (C=O) groups excluding carboxylic acids is 3. The van der Waals surface area contributed by atoms with Gasteiger partial charge in [-0.1, -0.05) is 13.0 Å². The van der Waals surface area contributed by atoms with E-state index in [9.17, 15) is 14.4 Å². The topological polar surface area (TPSA) is 78.5 Å². The molecule has 2 fully saturated rings. The summed E-state index contributed by atoms with van der Waals surface area (Å²) in [7, 11) is 0. The highest BCUT2D eigenvalue weighted by molar-refractivity contribution is 7.12. The van der Waals surface area contributed by atoms with Crippen LogP contribution in [-0.4, -0.2) is 48.3 Å². The predicted molar refractivity (Wildman–Crippen MR) is 101 cm³/mol. The lowest BCUT2D eigenvalue weighted by Crippen LogP contribution is -2.54. The van der Waals surface area contributed by atoms with Gasteiger partial charge in [-0.05, 0) is 49.5 Å². The monoisotopic (exact) mass is 377 g/mol. The van der Waals surface area contributed by atoms with Gasteiger partial charge in [0.25, 0.3) is 5.91 Å². The van der Waals surface area contributed by atoms with Gasteiger partial charge in [-0.25, -0.2) is 0 Å². The Kier molecular flexibility index (Phi) is 6.29. The van der Waals surface area contributed by atoms with Crippen molar-refractivity contribution in [2.45, 2.75) is 45.1 Å². The predicted octanol–water partition coefficient (Wildman–Crippen LogP) is 2.02. The molecule has 2 N–H and O–H groups in total. The van der Waals surface area contributed by atoms with Gasteiger partial charge in [0, 0.05) is 25.6 Å². The lowest BCUT2D eigenvalue weighted by molar-refractivity contribution is -0.134.